The summed E-state index contributed by atoms with van der Waals surface area (Å²) in [6.45, 7) is 1.85. The van der Waals surface area contributed by atoms with Gasteiger partial charge >= 0.3 is 0 Å². The molecule has 2 aliphatic heterocycles. The normalized spacial score (nSPS) is 17.2. The average Bonchev–Trinajstić information content (AvgIpc) is 2.72. The van der Waals surface area contributed by atoms with Crippen LogP contribution in [-0.2, 0) is 20.9 Å². The average molecular weight is 411 g/mol. The van der Waals surface area contributed by atoms with E-state index >= 15 is 0 Å². The van der Waals surface area contributed by atoms with E-state index in [0.717, 1.165) is 0 Å². The topological polar surface area (TPSA) is 129 Å². The predicted octanol–water partition coefficient (Wildman–Crippen LogP) is 2.83. The van der Waals surface area contributed by atoms with Gasteiger partial charge in [0.1, 0.15) is 11.5 Å². The molecular weight excluding hydrogens is 394 g/mol. The van der Waals surface area contributed by atoms with Gasteiger partial charge < -0.3 is 24.8 Å². The van der Waals surface area contributed by atoms with Gasteiger partial charge in [-0.3, -0.25) is 19.7 Å². The van der Waals surface area contributed by atoms with E-state index < -0.39 is 16.9 Å². The number of hydrogen-bond acceptors (Lipinski definition) is 7. The smallest absolute Gasteiger partial charge is 0.270 e. The highest BCUT2D eigenvalue weighted by Crippen LogP contribution is 2.34. The van der Waals surface area contributed by atoms with Crippen LogP contribution in [-0.4, -0.2) is 29.6 Å². The summed E-state index contributed by atoms with van der Waals surface area (Å²) >= 11 is 0. The fourth-order valence-corrected chi connectivity index (χ4v) is 3.10. The molecule has 10 heteroatoms. The Balaban J connectivity index is 1.52. The largest absolute Gasteiger partial charge is 0.479 e. The van der Waals surface area contributed by atoms with Crippen LogP contribution in [0.5, 0.6) is 11.5 Å². The molecule has 4 rings (SSSR count). The summed E-state index contributed by atoms with van der Waals surface area (Å²) in [5.41, 5.74) is 1.73. The lowest BCUT2D eigenvalue weighted by molar-refractivity contribution is -0.385. The highest BCUT2D eigenvalue weighted by molar-refractivity contribution is 6.03. The molecule has 154 valence electrons. The molecule has 0 aliphatic carbocycles. The van der Waals surface area contributed by atoms with Gasteiger partial charge in [-0.1, -0.05) is 0 Å². The van der Waals surface area contributed by atoms with Crippen LogP contribution in [0.25, 0.3) is 6.08 Å². The number of amides is 2. The molecule has 0 fully saturated rings. The first-order valence-electron chi connectivity index (χ1n) is 9.03. The number of benzene rings is 2. The number of rotatable bonds is 4. The van der Waals surface area contributed by atoms with Crippen molar-refractivity contribution in [2.45, 2.75) is 19.6 Å². The maximum atomic E-state index is 12.3. The van der Waals surface area contributed by atoms with Crippen LogP contribution in [0.1, 0.15) is 18.1 Å². The molecule has 0 aromatic heterocycles. The van der Waals surface area contributed by atoms with Crippen molar-refractivity contribution in [2.75, 3.05) is 17.4 Å². The van der Waals surface area contributed by atoms with Crippen LogP contribution in [0.3, 0.4) is 0 Å². The Morgan fingerprint density at radius 3 is 2.97 bits per heavy atom. The molecule has 30 heavy (non-hydrogen) atoms. The van der Waals surface area contributed by atoms with Crippen molar-refractivity contribution in [3.8, 4) is 11.5 Å². The van der Waals surface area contributed by atoms with Crippen molar-refractivity contribution in [1.82, 2.24) is 0 Å². The molecule has 0 radical (unpaired) electrons. The van der Waals surface area contributed by atoms with Gasteiger partial charge in [0.25, 0.3) is 11.6 Å². The van der Waals surface area contributed by atoms with Crippen molar-refractivity contribution in [1.29, 1.82) is 0 Å². The zero-order valence-corrected chi connectivity index (χ0v) is 15.8. The molecule has 0 spiro atoms. The van der Waals surface area contributed by atoms with Gasteiger partial charge in [-0.05, 0) is 31.2 Å². The van der Waals surface area contributed by atoms with Crippen LogP contribution in [0.15, 0.2) is 36.4 Å². The Bertz CT molecular complexity index is 1080. The SMILES string of the molecule is C[C@@H]1Oc2ccc(NC(=O)/C=C/c3cc([N+](=O)[O-])cc4c3OCOC4)cc2NC1=O. The molecule has 2 aromatic rings. The third-order valence-corrected chi connectivity index (χ3v) is 4.53. The van der Waals surface area contributed by atoms with E-state index in [1.54, 1.807) is 25.1 Å². The summed E-state index contributed by atoms with van der Waals surface area (Å²) < 4.78 is 16.1. The Morgan fingerprint density at radius 2 is 2.17 bits per heavy atom. The van der Waals surface area contributed by atoms with Gasteiger partial charge in [-0.25, -0.2) is 0 Å². The molecule has 0 unspecified atom stereocenters. The zero-order valence-electron chi connectivity index (χ0n) is 15.8. The van der Waals surface area contributed by atoms with Gasteiger partial charge in [0, 0.05) is 35.0 Å². The minimum atomic E-state index is -0.589. The summed E-state index contributed by atoms with van der Waals surface area (Å²) in [5.74, 6) is 0.223. The van der Waals surface area contributed by atoms with Crippen molar-refractivity contribution < 1.29 is 28.7 Å². The van der Waals surface area contributed by atoms with E-state index in [0.29, 0.717) is 34.0 Å². The third kappa shape index (κ3) is 3.94. The number of anilines is 2. The van der Waals surface area contributed by atoms with E-state index in [1.165, 1.54) is 24.3 Å². The molecule has 2 aromatic carbocycles. The van der Waals surface area contributed by atoms with E-state index in [1.807, 2.05) is 0 Å². The second-order valence-corrected chi connectivity index (χ2v) is 6.67. The fraction of sp³-hybridized carbons (Fsp3) is 0.200. The summed E-state index contributed by atoms with van der Waals surface area (Å²) in [4.78, 5) is 34.7. The minimum Gasteiger partial charge on any atom is -0.479 e. The van der Waals surface area contributed by atoms with Gasteiger partial charge in [-0.15, -0.1) is 0 Å². The summed E-state index contributed by atoms with van der Waals surface area (Å²) in [5, 5.41) is 16.5. The number of nitrogens with zero attached hydrogens (tertiary/aromatic N) is 1. The van der Waals surface area contributed by atoms with Crippen LogP contribution >= 0.6 is 0 Å². The van der Waals surface area contributed by atoms with Crippen molar-refractivity contribution in [3.63, 3.8) is 0 Å². The molecule has 0 bridgehead atoms. The molecule has 0 saturated heterocycles. The lowest BCUT2D eigenvalue weighted by Gasteiger charge is -2.23. The molecule has 2 N–H and O–H groups in total. The van der Waals surface area contributed by atoms with Crippen LogP contribution < -0.4 is 20.1 Å². The molecule has 2 amide bonds. The number of non-ortho nitro benzene ring substituents is 1. The number of fused-ring (bicyclic) bond motifs is 2. The zero-order chi connectivity index (χ0) is 21.3. The van der Waals surface area contributed by atoms with Crippen molar-refractivity contribution in [2.24, 2.45) is 0 Å². The van der Waals surface area contributed by atoms with E-state index in [2.05, 4.69) is 10.6 Å². The first-order chi connectivity index (χ1) is 14.4. The Labute approximate surface area is 170 Å². The first-order valence-corrected chi connectivity index (χ1v) is 9.03. The highest BCUT2D eigenvalue weighted by Gasteiger charge is 2.24. The maximum Gasteiger partial charge on any atom is 0.270 e. The maximum absolute atomic E-state index is 12.3. The summed E-state index contributed by atoms with van der Waals surface area (Å²) in [7, 11) is 0. The number of nitro groups is 1. The van der Waals surface area contributed by atoms with E-state index in [-0.39, 0.29) is 25.0 Å². The number of nitrogens with one attached hydrogen (secondary N) is 2. The van der Waals surface area contributed by atoms with Crippen molar-refractivity contribution >= 4 is 35.0 Å². The molecular formula is C20H17N3O7. The van der Waals surface area contributed by atoms with Gasteiger partial charge in [-0.2, -0.15) is 0 Å². The lowest BCUT2D eigenvalue weighted by Crippen LogP contribution is -2.34. The Kier molecular flexibility index (Phi) is 5.07. The number of carbonyl (C=O) groups is 2. The van der Waals surface area contributed by atoms with Crippen molar-refractivity contribution in [3.05, 3.63) is 57.6 Å². The van der Waals surface area contributed by atoms with Crippen LogP contribution in [0.4, 0.5) is 17.1 Å². The monoisotopic (exact) mass is 411 g/mol. The highest BCUT2D eigenvalue weighted by atomic mass is 16.7. The fourth-order valence-electron chi connectivity index (χ4n) is 3.10. The molecule has 2 aliphatic rings. The third-order valence-electron chi connectivity index (χ3n) is 4.53. The van der Waals surface area contributed by atoms with Gasteiger partial charge in [0.2, 0.25) is 5.91 Å². The minimum absolute atomic E-state index is 0.0272. The quantitative estimate of drug-likeness (QED) is 0.450. The molecule has 10 nitrogen and oxygen atoms in total. The second kappa shape index (κ2) is 7.84. The molecule has 0 saturated carbocycles. The number of ether oxygens (including phenoxy) is 3. The van der Waals surface area contributed by atoms with E-state index in [4.69, 9.17) is 14.2 Å². The molecule has 1 atom stereocenters. The number of nitro benzene ring substituents is 1. The van der Waals surface area contributed by atoms with Gasteiger partial charge in [0.05, 0.1) is 17.2 Å². The Morgan fingerprint density at radius 1 is 1.33 bits per heavy atom. The summed E-state index contributed by atoms with van der Waals surface area (Å²) in [6, 6.07) is 7.59. The standard InChI is InChI=1S/C20H17N3O7/c1-11-20(25)22-16-8-14(3-4-17(16)30-11)21-18(24)5-2-12-6-15(23(26)27)7-13-9-28-10-29-19(12)13/h2-8,11H,9-10H2,1H3,(H,21,24)(H,22,25)/b5-2+/t11-/m0/s1. The molecule has 2 heterocycles. The Hall–Kier alpha value is -3.92. The van der Waals surface area contributed by atoms with E-state index in [9.17, 15) is 19.7 Å². The van der Waals surface area contributed by atoms with Gasteiger partial charge in [0.15, 0.2) is 12.9 Å². The summed E-state index contributed by atoms with van der Waals surface area (Å²) in [6.07, 6.45) is 2.10. The number of carbonyl (C=O) groups excluding carboxylic acids is 2. The second-order valence-electron chi connectivity index (χ2n) is 6.67. The lowest BCUT2D eigenvalue weighted by atomic mass is 10.1. The first kappa shape index (κ1) is 19.4. The predicted molar refractivity (Wildman–Crippen MR) is 106 cm³/mol. The van der Waals surface area contributed by atoms with Crippen LogP contribution in [0.2, 0.25) is 0 Å². The number of hydrogen-bond donors (Lipinski definition) is 2. The van der Waals surface area contributed by atoms with Crippen LogP contribution in [0, 0.1) is 10.1 Å².